The lowest BCUT2D eigenvalue weighted by molar-refractivity contribution is 0.786. The van der Waals surface area contributed by atoms with Crippen molar-refractivity contribution >= 4 is 22.7 Å². The summed E-state index contributed by atoms with van der Waals surface area (Å²) in [6.07, 6.45) is 3.87. The summed E-state index contributed by atoms with van der Waals surface area (Å²) in [6.45, 7) is 4.95. The van der Waals surface area contributed by atoms with Crippen LogP contribution < -0.4 is 0 Å². The van der Waals surface area contributed by atoms with Gasteiger partial charge in [0.25, 0.3) is 0 Å². The van der Waals surface area contributed by atoms with E-state index in [4.69, 9.17) is 0 Å². The van der Waals surface area contributed by atoms with Crippen molar-refractivity contribution in [1.82, 2.24) is 14.5 Å². The molecular formula is C13H13N3S2. The molecule has 3 aromatic rings. The highest BCUT2D eigenvalue weighted by atomic mass is 32.1. The van der Waals surface area contributed by atoms with Gasteiger partial charge in [0.1, 0.15) is 0 Å². The molecule has 0 aliphatic heterocycles. The molecule has 0 atom stereocenters. The number of aryl methyl sites for hydroxylation is 2. The van der Waals surface area contributed by atoms with Gasteiger partial charge in [-0.15, -0.1) is 22.7 Å². The fourth-order valence-electron chi connectivity index (χ4n) is 1.90. The largest absolute Gasteiger partial charge is 0.324 e. The third-order valence-electron chi connectivity index (χ3n) is 2.78. The SMILES string of the molecule is Cc1nc(Cn2ccnc2-c2sccc2C)cs1. The summed E-state index contributed by atoms with van der Waals surface area (Å²) >= 11 is 3.43. The van der Waals surface area contributed by atoms with Crippen molar-refractivity contribution in [3.8, 4) is 10.7 Å². The summed E-state index contributed by atoms with van der Waals surface area (Å²) in [5.41, 5.74) is 2.38. The van der Waals surface area contributed by atoms with Crippen molar-refractivity contribution in [3.63, 3.8) is 0 Å². The molecule has 0 fully saturated rings. The highest BCUT2D eigenvalue weighted by Crippen LogP contribution is 2.28. The highest BCUT2D eigenvalue weighted by molar-refractivity contribution is 7.13. The van der Waals surface area contributed by atoms with Gasteiger partial charge in [0.2, 0.25) is 0 Å². The lowest BCUT2D eigenvalue weighted by Gasteiger charge is -2.05. The van der Waals surface area contributed by atoms with Crippen LogP contribution in [-0.4, -0.2) is 14.5 Å². The van der Waals surface area contributed by atoms with E-state index in [2.05, 4.69) is 38.3 Å². The maximum Gasteiger partial charge on any atom is 0.150 e. The van der Waals surface area contributed by atoms with Crippen molar-refractivity contribution < 1.29 is 0 Å². The first-order valence-electron chi connectivity index (χ1n) is 5.70. The van der Waals surface area contributed by atoms with Crippen molar-refractivity contribution in [2.24, 2.45) is 0 Å². The van der Waals surface area contributed by atoms with Crippen LogP contribution in [0.25, 0.3) is 10.7 Å². The van der Waals surface area contributed by atoms with Crippen LogP contribution in [0.5, 0.6) is 0 Å². The standard InChI is InChI=1S/C13H13N3S2/c1-9-3-6-17-12(9)13-14-4-5-16(13)7-11-8-18-10(2)15-11/h3-6,8H,7H2,1-2H3. The summed E-state index contributed by atoms with van der Waals surface area (Å²) in [5.74, 6) is 1.04. The fourth-order valence-corrected chi connectivity index (χ4v) is 3.44. The average molecular weight is 275 g/mol. The number of hydrogen-bond donors (Lipinski definition) is 0. The Bertz CT molecular complexity index is 663. The van der Waals surface area contributed by atoms with E-state index in [9.17, 15) is 0 Å². The first kappa shape index (κ1) is 11.6. The number of hydrogen-bond acceptors (Lipinski definition) is 4. The Morgan fingerprint density at radius 2 is 2.17 bits per heavy atom. The predicted molar refractivity (Wildman–Crippen MR) is 76.2 cm³/mol. The van der Waals surface area contributed by atoms with Crippen LogP contribution >= 0.6 is 22.7 Å². The van der Waals surface area contributed by atoms with Crippen molar-refractivity contribution in [2.45, 2.75) is 20.4 Å². The molecular weight excluding hydrogens is 262 g/mol. The highest BCUT2D eigenvalue weighted by Gasteiger charge is 2.11. The molecule has 0 spiro atoms. The van der Waals surface area contributed by atoms with Crippen LogP contribution in [0.15, 0.2) is 29.2 Å². The van der Waals surface area contributed by atoms with Crippen LogP contribution in [0.4, 0.5) is 0 Å². The van der Waals surface area contributed by atoms with Crippen LogP contribution in [0.1, 0.15) is 16.3 Å². The van der Waals surface area contributed by atoms with E-state index in [0.717, 1.165) is 23.1 Å². The molecule has 3 rings (SSSR count). The van der Waals surface area contributed by atoms with E-state index < -0.39 is 0 Å². The van der Waals surface area contributed by atoms with E-state index in [1.165, 1.54) is 10.4 Å². The predicted octanol–water partition coefficient (Wildman–Crippen LogP) is 3.73. The molecule has 0 unspecified atom stereocenters. The van der Waals surface area contributed by atoms with Gasteiger partial charge in [-0.3, -0.25) is 0 Å². The number of imidazole rings is 1. The van der Waals surface area contributed by atoms with Crippen LogP contribution in [0.3, 0.4) is 0 Å². The molecule has 92 valence electrons. The fraction of sp³-hybridized carbons (Fsp3) is 0.231. The second kappa shape index (κ2) is 4.66. The van der Waals surface area contributed by atoms with Crippen LogP contribution in [-0.2, 0) is 6.54 Å². The lowest BCUT2D eigenvalue weighted by Crippen LogP contribution is -2.01. The van der Waals surface area contributed by atoms with Gasteiger partial charge >= 0.3 is 0 Å². The molecule has 0 aromatic carbocycles. The summed E-state index contributed by atoms with van der Waals surface area (Å²) in [4.78, 5) is 10.2. The summed E-state index contributed by atoms with van der Waals surface area (Å²) in [7, 11) is 0. The first-order chi connectivity index (χ1) is 8.74. The molecule has 0 saturated carbocycles. The zero-order valence-corrected chi connectivity index (χ0v) is 11.9. The smallest absolute Gasteiger partial charge is 0.150 e. The molecule has 3 aromatic heterocycles. The van der Waals surface area contributed by atoms with E-state index >= 15 is 0 Å². The Hall–Kier alpha value is -1.46. The van der Waals surface area contributed by atoms with Gasteiger partial charge in [-0.1, -0.05) is 0 Å². The normalized spacial score (nSPS) is 11.0. The second-order valence-corrected chi connectivity index (χ2v) is 6.15. The maximum atomic E-state index is 4.50. The topological polar surface area (TPSA) is 30.7 Å². The summed E-state index contributed by atoms with van der Waals surface area (Å²) in [5, 5.41) is 5.33. The molecule has 0 bridgehead atoms. The van der Waals surface area contributed by atoms with Crippen LogP contribution in [0.2, 0.25) is 0 Å². The monoisotopic (exact) mass is 275 g/mol. The quantitative estimate of drug-likeness (QED) is 0.729. The molecule has 0 aliphatic rings. The molecule has 3 heterocycles. The third kappa shape index (κ3) is 2.11. The van der Waals surface area contributed by atoms with E-state index in [1.54, 1.807) is 22.7 Å². The van der Waals surface area contributed by atoms with Crippen molar-refractivity contribution in [3.05, 3.63) is 45.5 Å². The minimum Gasteiger partial charge on any atom is -0.324 e. The Labute approximate surface area is 114 Å². The van der Waals surface area contributed by atoms with Gasteiger partial charge in [-0.25, -0.2) is 9.97 Å². The third-order valence-corrected chi connectivity index (χ3v) is 4.61. The molecule has 18 heavy (non-hydrogen) atoms. The number of thiophene rings is 1. The molecule has 3 nitrogen and oxygen atoms in total. The van der Waals surface area contributed by atoms with Crippen molar-refractivity contribution in [1.29, 1.82) is 0 Å². The maximum absolute atomic E-state index is 4.50. The number of thiazole rings is 1. The molecule has 0 radical (unpaired) electrons. The molecule has 0 aliphatic carbocycles. The number of rotatable bonds is 3. The van der Waals surface area contributed by atoms with E-state index in [0.29, 0.717) is 0 Å². The Morgan fingerprint density at radius 3 is 2.83 bits per heavy atom. The van der Waals surface area contributed by atoms with Gasteiger partial charge in [0.15, 0.2) is 5.82 Å². The molecule has 5 heteroatoms. The Morgan fingerprint density at radius 1 is 1.28 bits per heavy atom. The molecule has 0 amide bonds. The lowest BCUT2D eigenvalue weighted by atomic mass is 10.3. The number of aromatic nitrogens is 3. The van der Waals surface area contributed by atoms with E-state index in [-0.39, 0.29) is 0 Å². The average Bonchev–Trinajstić information content (AvgIpc) is 3.02. The molecule has 0 N–H and O–H groups in total. The van der Waals surface area contributed by atoms with E-state index in [1.807, 2.05) is 19.3 Å². The zero-order valence-electron chi connectivity index (χ0n) is 10.3. The minimum absolute atomic E-state index is 0.789. The summed E-state index contributed by atoms with van der Waals surface area (Å²) in [6, 6.07) is 2.13. The van der Waals surface area contributed by atoms with Gasteiger partial charge in [-0.2, -0.15) is 0 Å². The zero-order chi connectivity index (χ0) is 12.5. The van der Waals surface area contributed by atoms with Gasteiger partial charge in [0, 0.05) is 17.8 Å². The van der Waals surface area contributed by atoms with Gasteiger partial charge < -0.3 is 4.57 Å². The summed E-state index contributed by atoms with van der Waals surface area (Å²) < 4.78 is 2.16. The minimum atomic E-state index is 0.789. The van der Waals surface area contributed by atoms with Crippen LogP contribution in [0, 0.1) is 13.8 Å². The van der Waals surface area contributed by atoms with Gasteiger partial charge in [-0.05, 0) is 30.9 Å². The Kier molecular flexibility index (Phi) is 3.01. The number of nitrogens with zero attached hydrogens (tertiary/aromatic N) is 3. The Balaban J connectivity index is 1.95. The van der Waals surface area contributed by atoms with Gasteiger partial charge in [0.05, 0.1) is 22.1 Å². The molecule has 0 saturated heterocycles. The first-order valence-corrected chi connectivity index (χ1v) is 7.46. The second-order valence-electron chi connectivity index (χ2n) is 4.17. The van der Waals surface area contributed by atoms with Crippen molar-refractivity contribution in [2.75, 3.05) is 0 Å².